The molecule has 0 spiro atoms. The molecule has 3 heteroatoms. The zero-order chi connectivity index (χ0) is 10.9. The Morgan fingerprint density at radius 2 is 2.33 bits per heavy atom. The summed E-state index contributed by atoms with van der Waals surface area (Å²) in [5.74, 6) is 2.04. The Balaban J connectivity index is 1.84. The lowest BCUT2D eigenvalue weighted by Gasteiger charge is -2.39. The largest absolute Gasteiger partial charge is 0.327 e. The van der Waals surface area contributed by atoms with Gasteiger partial charge in [-0.15, -0.1) is 0 Å². The van der Waals surface area contributed by atoms with E-state index in [0.29, 0.717) is 16.7 Å². The molecule has 2 saturated heterocycles. The molecule has 3 atom stereocenters. The number of piperidine rings is 1. The SMILES string of the molecule is CC1CN(CC2(C)CCCS2)CCC1N. The maximum atomic E-state index is 6.05. The van der Waals surface area contributed by atoms with E-state index < -0.39 is 0 Å². The number of nitrogens with zero attached hydrogens (tertiary/aromatic N) is 1. The molecule has 0 radical (unpaired) electrons. The van der Waals surface area contributed by atoms with Crippen LogP contribution in [-0.4, -0.2) is 41.1 Å². The number of thioether (sulfide) groups is 1. The topological polar surface area (TPSA) is 29.3 Å². The Bertz CT molecular complexity index is 214. The summed E-state index contributed by atoms with van der Waals surface area (Å²) in [6.07, 6.45) is 3.99. The molecule has 0 aromatic rings. The Morgan fingerprint density at radius 1 is 1.53 bits per heavy atom. The summed E-state index contributed by atoms with van der Waals surface area (Å²) >= 11 is 2.17. The van der Waals surface area contributed by atoms with E-state index in [4.69, 9.17) is 5.73 Å². The van der Waals surface area contributed by atoms with Crippen LogP contribution >= 0.6 is 11.8 Å². The molecule has 2 aliphatic heterocycles. The fourth-order valence-electron chi connectivity index (χ4n) is 2.83. The lowest BCUT2D eigenvalue weighted by atomic mass is 9.93. The second-order valence-corrected chi connectivity index (χ2v) is 7.25. The summed E-state index contributed by atoms with van der Waals surface area (Å²) in [4.78, 5) is 2.63. The Kier molecular flexibility index (Phi) is 3.63. The first-order valence-corrected chi connectivity index (χ1v) is 7.19. The van der Waals surface area contributed by atoms with E-state index in [2.05, 4.69) is 30.5 Å². The van der Waals surface area contributed by atoms with Gasteiger partial charge in [0.2, 0.25) is 0 Å². The van der Waals surface area contributed by atoms with Crippen LogP contribution in [0.5, 0.6) is 0 Å². The number of rotatable bonds is 2. The lowest BCUT2D eigenvalue weighted by molar-refractivity contribution is 0.152. The van der Waals surface area contributed by atoms with Gasteiger partial charge in [-0.2, -0.15) is 11.8 Å². The first kappa shape index (κ1) is 11.7. The molecule has 2 heterocycles. The standard InChI is InChI=1S/C12H24N2S/c1-10-8-14(6-4-11(10)13)9-12(2)5-3-7-15-12/h10-11H,3-9,13H2,1-2H3. The highest BCUT2D eigenvalue weighted by molar-refractivity contribution is 8.00. The van der Waals surface area contributed by atoms with Crippen molar-refractivity contribution in [1.29, 1.82) is 0 Å². The van der Waals surface area contributed by atoms with Crippen molar-refractivity contribution in [2.45, 2.75) is 43.9 Å². The molecule has 2 fully saturated rings. The number of hydrogen-bond acceptors (Lipinski definition) is 3. The predicted octanol–water partition coefficient (Wildman–Crippen LogP) is 1.94. The van der Waals surface area contributed by atoms with Gasteiger partial charge in [-0.1, -0.05) is 6.92 Å². The average Bonchev–Trinajstić information content (AvgIpc) is 2.59. The molecule has 0 aromatic carbocycles. The Morgan fingerprint density at radius 3 is 2.93 bits per heavy atom. The molecule has 3 unspecified atom stereocenters. The molecular formula is C12H24N2S. The van der Waals surface area contributed by atoms with Crippen LogP contribution in [0.25, 0.3) is 0 Å². The normalized spacial score (nSPS) is 43.4. The van der Waals surface area contributed by atoms with Crippen molar-refractivity contribution in [3.05, 3.63) is 0 Å². The van der Waals surface area contributed by atoms with Crippen molar-refractivity contribution in [2.24, 2.45) is 11.7 Å². The van der Waals surface area contributed by atoms with Gasteiger partial charge < -0.3 is 10.6 Å². The Labute approximate surface area is 98.0 Å². The van der Waals surface area contributed by atoms with Crippen molar-refractivity contribution < 1.29 is 0 Å². The third-order valence-electron chi connectivity index (χ3n) is 3.91. The molecule has 2 N–H and O–H groups in total. The number of likely N-dealkylation sites (tertiary alicyclic amines) is 1. The molecule has 2 rings (SSSR count). The minimum Gasteiger partial charge on any atom is -0.327 e. The van der Waals surface area contributed by atoms with Gasteiger partial charge in [0.25, 0.3) is 0 Å². The van der Waals surface area contributed by atoms with Crippen LogP contribution in [0.1, 0.15) is 33.1 Å². The van der Waals surface area contributed by atoms with E-state index >= 15 is 0 Å². The van der Waals surface area contributed by atoms with E-state index in [1.165, 1.54) is 44.6 Å². The number of nitrogens with two attached hydrogens (primary N) is 1. The van der Waals surface area contributed by atoms with E-state index in [-0.39, 0.29) is 0 Å². The molecule has 88 valence electrons. The summed E-state index contributed by atoms with van der Waals surface area (Å²) in [5, 5.41) is 0. The minimum absolute atomic E-state index is 0.435. The molecule has 0 saturated carbocycles. The van der Waals surface area contributed by atoms with Crippen LogP contribution in [0.3, 0.4) is 0 Å². The third-order valence-corrected chi connectivity index (χ3v) is 5.44. The van der Waals surface area contributed by atoms with Crippen LogP contribution in [0, 0.1) is 5.92 Å². The van der Waals surface area contributed by atoms with Gasteiger partial charge in [-0.3, -0.25) is 0 Å². The Hall–Kier alpha value is 0.270. The maximum absolute atomic E-state index is 6.05. The van der Waals surface area contributed by atoms with Gasteiger partial charge in [-0.05, 0) is 44.4 Å². The maximum Gasteiger partial charge on any atom is 0.0259 e. The van der Waals surface area contributed by atoms with Gasteiger partial charge in [0.05, 0.1) is 0 Å². The smallest absolute Gasteiger partial charge is 0.0259 e. The van der Waals surface area contributed by atoms with E-state index in [0.717, 1.165) is 0 Å². The lowest BCUT2D eigenvalue weighted by Crippen LogP contribution is -2.49. The summed E-state index contributed by atoms with van der Waals surface area (Å²) in [6.45, 7) is 8.42. The van der Waals surface area contributed by atoms with Gasteiger partial charge in [0.1, 0.15) is 0 Å². The highest BCUT2D eigenvalue weighted by Gasteiger charge is 2.33. The van der Waals surface area contributed by atoms with Gasteiger partial charge in [0.15, 0.2) is 0 Å². The highest BCUT2D eigenvalue weighted by Crippen LogP contribution is 2.38. The van der Waals surface area contributed by atoms with Crippen LogP contribution in [0.2, 0.25) is 0 Å². The fourth-order valence-corrected chi connectivity index (χ4v) is 4.17. The van der Waals surface area contributed by atoms with Crippen LogP contribution in [0.4, 0.5) is 0 Å². The zero-order valence-corrected chi connectivity index (χ0v) is 10.9. The van der Waals surface area contributed by atoms with Crippen molar-refractivity contribution >= 4 is 11.8 Å². The van der Waals surface area contributed by atoms with Gasteiger partial charge in [0, 0.05) is 23.9 Å². The van der Waals surface area contributed by atoms with Crippen LogP contribution in [0.15, 0.2) is 0 Å². The summed E-state index contributed by atoms with van der Waals surface area (Å²) in [6, 6.07) is 0.435. The quantitative estimate of drug-likeness (QED) is 0.783. The van der Waals surface area contributed by atoms with Crippen molar-refractivity contribution in [1.82, 2.24) is 4.90 Å². The molecule has 0 amide bonds. The second kappa shape index (κ2) is 4.64. The number of hydrogen-bond donors (Lipinski definition) is 1. The first-order chi connectivity index (χ1) is 7.09. The van der Waals surface area contributed by atoms with Crippen LogP contribution < -0.4 is 5.73 Å². The van der Waals surface area contributed by atoms with Crippen molar-refractivity contribution in [3.8, 4) is 0 Å². The monoisotopic (exact) mass is 228 g/mol. The highest BCUT2D eigenvalue weighted by atomic mass is 32.2. The van der Waals surface area contributed by atoms with E-state index in [1.807, 2.05) is 0 Å². The first-order valence-electron chi connectivity index (χ1n) is 6.21. The summed E-state index contributed by atoms with van der Waals surface area (Å²) in [5.41, 5.74) is 6.05. The minimum atomic E-state index is 0.435. The molecule has 15 heavy (non-hydrogen) atoms. The fraction of sp³-hybridized carbons (Fsp3) is 1.00. The second-order valence-electron chi connectivity index (χ2n) is 5.57. The van der Waals surface area contributed by atoms with Crippen LogP contribution in [-0.2, 0) is 0 Å². The molecule has 0 aliphatic carbocycles. The van der Waals surface area contributed by atoms with Crippen molar-refractivity contribution in [2.75, 3.05) is 25.4 Å². The average molecular weight is 228 g/mol. The molecular weight excluding hydrogens is 204 g/mol. The molecule has 2 aliphatic rings. The molecule has 2 nitrogen and oxygen atoms in total. The third kappa shape index (κ3) is 2.89. The zero-order valence-electron chi connectivity index (χ0n) is 10.0. The molecule has 0 bridgehead atoms. The summed E-state index contributed by atoms with van der Waals surface area (Å²) in [7, 11) is 0. The van der Waals surface area contributed by atoms with Gasteiger partial charge in [-0.25, -0.2) is 0 Å². The summed E-state index contributed by atoms with van der Waals surface area (Å²) < 4.78 is 0.529. The molecule has 0 aromatic heterocycles. The van der Waals surface area contributed by atoms with Crippen molar-refractivity contribution in [3.63, 3.8) is 0 Å². The van der Waals surface area contributed by atoms with E-state index in [9.17, 15) is 0 Å². The van der Waals surface area contributed by atoms with E-state index in [1.54, 1.807) is 0 Å². The predicted molar refractivity (Wildman–Crippen MR) is 68.3 cm³/mol. The van der Waals surface area contributed by atoms with Gasteiger partial charge >= 0.3 is 0 Å².